The van der Waals surface area contributed by atoms with E-state index in [9.17, 15) is 28.8 Å². The van der Waals surface area contributed by atoms with E-state index in [1.54, 1.807) is 23.1 Å². The number of hydrogen-bond acceptors (Lipinski definition) is 10. The van der Waals surface area contributed by atoms with E-state index in [1.165, 1.54) is 17.0 Å². The van der Waals surface area contributed by atoms with E-state index in [0.717, 1.165) is 55.2 Å². The Morgan fingerprint density at radius 1 is 0.813 bits per heavy atom. The van der Waals surface area contributed by atoms with Crippen molar-refractivity contribution in [3.63, 3.8) is 0 Å². The largest absolute Gasteiger partial charge is 0.488 e. The minimum Gasteiger partial charge on any atom is -0.488 e. The predicted molar refractivity (Wildman–Crippen MR) is 281 cm³/mol. The quantitative estimate of drug-likeness (QED) is 0.0834. The molecule has 75 heavy (non-hydrogen) atoms. The number of benzene rings is 4. The van der Waals surface area contributed by atoms with Crippen molar-refractivity contribution in [2.45, 2.75) is 102 Å². The van der Waals surface area contributed by atoms with Gasteiger partial charge < -0.3 is 40.4 Å². The van der Waals surface area contributed by atoms with Gasteiger partial charge in [-0.1, -0.05) is 54.1 Å². The first-order valence-corrected chi connectivity index (χ1v) is 26.8. The van der Waals surface area contributed by atoms with Crippen LogP contribution >= 0.6 is 11.6 Å². The van der Waals surface area contributed by atoms with E-state index in [4.69, 9.17) is 31.5 Å². The fraction of sp³-hybridized carbons (Fsp3) is 0.474. The third kappa shape index (κ3) is 12.9. The molecule has 5 aliphatic rings. The van der Waals surface area contributed by atoms with Crippen molar-refractivity contribution >= 4 is 52.9 Å². The van der Waals surface area contributed by atoms with Crippen molar-refractivity contribution in [2.75, 3.05) is 64.0 Å². The number of halogens is 2. The lowest BCUT2D eigenvalue weighted by Gasteiger charge is -2.38. The zero-order valence-corrected chi connectivity index (χ0v) is 43.2. The van der Waals surface area contributed by atoms with E-state index in [0.29, 0.717) is 82.0 Å². The molecule has 4 heterocycles. The summed E-state index contributed by atoms with van der Waals surface area (Å²) in [6.07, 6.45) is 7.43. The van der Waals surface area contributed by atoms with Gasteiger partial charge in [-0.2, -0.15) is 0 Å². The van der Waals surface area contributed by atoms with Crippen LogP contribution in [0.25, 0.3) is 11.1 Å². The molecule has 5 fully saturated rings. The van der Waals surface area contributed by atoms with Crippen molar-refractivity contribution in [1.82, 2.24) is 25.8 Å². The van der Waals surface area contributed by atoms with Gasteiger partial charge in [0.25, 0.3) is 5.91 Å². The number of likely N-dealkylation sites (tertiary alicyclic amines) is 2. The molecule has 0 spiro atoms. The van der Waals surface area contributed by atoms with Crippen LogP contribution in [0.4, 0.5) is 14.9 Å². The number of ether oxygens (including phenoxy) is 3. The van der Waals surface area contributed by atoms with Crippen LogP contribution in [0.5, 0.6) is 11.5 Å². The van der Waals surface area contributed by atoms with Gasteiger partial charge in [-0.05, 0) is 118 Å². The molecule has 0 bridgehead atoms. The van der Waals surface area contributed by atoms with E-state index in [-0.39, 0.29) is 108 Å². The van der Waals surface area contributed by atoms with Crippen molar-refractivity contribution in [1.29, 1.82) is 0 Å². The molecule has 1 aliphatic carbocycles. The number of nitrogens with two attached hydrogens (primary N) is 1. The Kier molecular flexibility index (Phi) is 17.3. The van der Waals surface area contributed by atoms with Crippen LogP contribution in [-0.2, 0) is 23.9 Å². The molecule has 2 atom stereocenters. The number of rotatable bonds is 17. The molecule has 0 aromatic heterocycles. The minimum absolute atomic E-state index is 0.000275. The fourth-order valence-electron chi connectivity index (χ4n) is 11.2. The number of urea groups is 1. The zero-order valence-electron chi connectivity index (χ0n) is 42.5. The van der Waals surface area contributed by atoms with Gasteiger partial charge in [0.1, 0.15) is 12.4 Å². The van der Waals surface area contributed by atoms with Crippen LogP contribution in [0, 0.1) is 24.6 Å². The highest BCUT2D eigenvalue weighted by Crippen LogP contribution is 2.40. The smallest absolute Gasteiger partial charge is 0.328 e. The average molecular weight is 1050 g/mol. The number of nitrogens with one attached hydrogen (secondary N) is 3. The predicted octanol–water partition coefficient (Wildman–Crippen LogP) is 7.26. The summed E-state index contributed by atoms with van der Waals surface area (Å²) < 4.78 is 33.8. The Morgan fingerprint density at radius 3 is 2.27 bits per heavy atom. The molecule has 18 heteroatoms. The first-order chi connectivity index (χ1) is 36.3. The van der Waals surface area contributed by atoms with E-state index < -0.39 is 17.8 Å². The molecule has 4 aromatic rings. The standard InChI is InChI=1S/C57H67ClFN7O9/c1-35-9-15-42(31-48(35)66-28-23-50(67)63-57(66)72)74-34-51(68)64-24-19-38(20-25-64)56(71)65-26-21-41(22-27-65)62-55(70)37-10-13-40(14-11-37)61-32-46(36-6-3-2-4-7-36)39-12-17-47(58)45(30-39)52-44(54(60)69)16-18-49(53(52)59)75-33-43-8-5-29-73-43/h2-4,6-7,9,12,15-18,30-31,37-38,40-41,43,46,61H,5,8,10-11,13-14,19-29,32-34H2,1H3,(H2,60,69)(H,62,70)(H,63,67,72). The van der Waals surface area contributed by atoms with E-state index >= 15 is 4.39 Å². The molecule has 5 N–H and O–H groups in total. The number of carbonyl (C=O) groups is 6. The Bertz CT molecular complexity index is 2740. The number of amides is 7. The summed E-state index contributed by atoms with van der Waals surface area (Å²) in [5.41, 5.74) is 9.50. The van der Waals surface area contributed by atoms with Gasteiger partial charge in [0.15, 0.2) is 18.2 Å². The summed E-state index contributed by atoms with van der Waals surface area (Å²) in [7, 11) is 0. The molecule has 16 nitrogen and oxygen atoms in total. The minimum atomic E-state index is -0.783. The van der Waals surface area contributed by atoms with E-state index in [2.05, 4.69) is 28.1 Å². The topological polar surface area (TPSA) is 202 Å². The average Bonchev–Trinajstić information content (AvgIpc) is 3.95. The SMILES string of the molecule is Cc1ccc(OCC(=O)N2CCC(C(=O)N3CCC(NC(=O)C4CCC(NCC(c5ccccc5)c5ccc(Cl)c(-c6c(C(N)=O)ccc(OCC7CCCO7)c6F)c5)CC4)CC3)CC2)cc1N1CCC(=O)NC1=O. The molecule has 4 saturated heterocycles. The van der Waals surface area contributed by atoms with Gasteiger partial charge in [-0.15, -0.1) is 0 Å². The number of primary amides is 1. The Labute approximate surface area is 442 Å². The molecule has 398 valence electrons. The lowest BCUT2D eigenvalue weighted by Crippen LogP contribution is -2.51. The normalized spacial score (nSPS) is 21.1. The van der Waals surface area contributed by atoms with Crippen LogP contribution in [0.1, 0.15) is 104 Å². The number of nitrogens with zero attached hydrogens (tertiary/aromatic N) is 3. The number of hydrogen-bond donors (Lipinski definition) is 4. The molecular weight excluding hydrogens is 981 g/mol. The molecule has 1 saturated carbocycles. The highest BCUT2D eigenvalue weighted by atomic mass is 35.5. The molecule has 0 radical (unpaired) electrons. The second-order valence-corrected chi connectivity index (χ2v) is 20.9. The number of carbonyl (C=O) groups excluding carboxylic acids is 6. The van der Waals surface area contributed by atoms with E-state index in [1.807, 2.05) is 48.2 Å². The van der Waals surface area contributed by atoms with Crippen LogP contribution in [-0.4, -0.2) is 123 Å². The van der Waals surface area contributed by atoms with Crippen molar-refractivity contribution in [3.8, 4) is 22.6 Å². The van der Waals surface area contributed by atoms with Crippen molar-refractivity contribution < 1.29 is 47.4 Å². The number of anilines is 1. The Balaban J connectivity index is 0.721. The van der Waals surface area contributed by atoms with Crippen LogP contribution < -0.4 is 36.1 Å². The van der Waals surface area contributed by atoms with Crippen LogP contribution in [0.2, 0.25) is 5.02 Å². The maximum absolute atomic E-state index is 16.4. The van der Waals surface area contributed by atoms with Crippen LogP contribution in [0.15, 0.2) is 78.9 Å². The second-order valence-electron chi connectivity index (χ2n) is 20.5. The summed E-state index contributed by atoms with van der Waals surface area (Å²) in [4.78, 5) is 82.3. The summed E-state index contributed by atoms with van der Waals surface area (Å²) >= 11 is 6.80. The Hall–Kier alpha value is -6.56. The molecule has 7 amide bonds. The van der Waals surface area contributed by atoms with Crippen molar-refractivity contribution in [2.24, 2.45) is 17.6 Å². The van der Waals surface area contributed by atoms with Gasteiger partial charge in [-0.3, -0.25) is 34.2 Å². The fourth-order valence-corrected chi connectivity index (χ4v) is 11.4. The molecule has 9 rings (SSSR count). The highest BCUT2D eigenvalue weighted by Gasteiger charge is 2.35. The second kappa shape index (κ2) is 24.4. The Morgan fingerprint density at radius 2 is 1.56 bits per heavy atom. The number of piperidine rings is 2. The van der Waals surface area contributed by atoms with Gasteiger partial charge in [-0.25, -0.2) is 9.18 Å². The van der Waals surface area contributed by atoms with Gasteiger partial charge >= 0.3 is 6.03 Å². The van der Waals surface area contributed by atoms with Crippen molar-refractivity contribution in [3.05, 3.63) is 112 Å². The van der Waals surface area contributed by atoms with Gasteiger partial charge in [0.2, 0.25) is 23.6 Å². The summed E-state index contributed by atoms with van der Waals surface area (Å²) in [5.74, 6) is -1.83. The first kappa shape index (κ1) is 53.3. The van der Waals surface area contributed by atoms with Gasteiger partial charge in [0, 0.05) is 104 Å². The zero-order chi connectivity index (χ0) is 52.6. The summed E-state index contributed by atoms with van der Waals surface area (Å²) in [6, 6.07) is 23.4. The molecule has 4 aromatic carbocycles. The number of aryl methyl sites for hydroxylation is 1. The lowest BCUT2D eigenvalue weighted by molar-refractivity contribution is -0.142. The molecule has 2 unspecified atom stereocenters. The lowest BCUT2D eigenvalue weighted by atomic mass is 9.84. The summed E-state index contributed by atoms with van der Waals surface area (Å²) in [6.45, 7) is 5.37. The highest BCUT2D eigenvalue weighted by molar-refractivity contribution is 6.33. The monoisotopic (exact) mass is 1050 g/mol. The maximum atomic E-state index is 16.4. The number of imide groups is 1. The van der Waals surface area contributed by atoms with Crippen LogP contribution in [0.3, 0.4) is 0 Å². The first-order valence-electron chi connectivity index (χ1n) is 26.5. The summed E-state index contributed by atoms with van der Waals surface area (Å²) in [5, 5.41) is 9.68. The third-order valence-corrected chi connectivity index (χ3v) is 16.0. The maximum Gasteiger partial charge on any atom is 0.328 e. The molecular formula is C57H67ClFN7O9. The van der Waals surface area contributed by atoms with Gasteiger partial charge in [0.05, 0.1) is 17.4 Å². The third-order valence-electron chi connectivity index (χ3n) is 15.6. The molecule has 4 aliphatic heterocycles.